The van der Waals surface area contributed by atoms with Gasteiger partial charge in [-0.2, -0.15) is 0 Å². The molecule has 2 aliphatic carbocycles. The van der Waals surface area contributed by atoms with Crippen molar-refractivity contribution >= 4 is 5.78 Å². The van der Waals surface area contributed by atoms with Crippen LogP contribution in [0.2, 0.25) is 0 Å². The van der Waals surface area contributed by atoms with Gasteiger partial charge in [0.05, 0.1) is 0 Å². The first-order valence-corrected chi connectivity index (χ1v) is 6.32. The molecule has 0 heterocycles. The molecule has 0 aromatic carbocycles. The fourth-order valence-corrected chi connectivity index (χ4v) is 2.60. The number of hydrogen-bond donors (Lipinski definition) is 1. The average Bonchev–Trinajstić information content (AvgIpc) is 2.28. The van der Waals surface area contributed by atoms with Crippen LogP contribution < -0.4 is 5.32 Å². The lowest BCUT2D eigenvalue weighted by atomic mass is 9.89. The molecule has 0 spiro atoms. The van der Waals surface area contributed by atoms with E-state index in [4.69, 9.17) is 0 Å². The van der Waals surface area contributed by atoms with E-state index >= 15 is 0 Å². The molecular formula is C13H21NO. The second-order valence-electron chi connectivity index (χ2n) is 4.87. The quantitative estimate of drug-likeness (QED) is 0.771. The Labute approximate surface area is 92.1 Å². The van der Waals surface area contributed by atoms with Crippen LogP contribution >= 0.6 is 0 Å². The summed E-state index contributed by atoms with van der Waals surface area (Å²) in [6.45, 7) is 1.08. The van der Waals surface area contributed by atoms with Crippen LogP contribution in [-0.4, -0.2) is 12.3 Å². The lowest BCUT2D eigenvalue weighted by Crippen LogP contribution is -2.25. The van der Waals surface area contributed by atoms with Gasteiger partial charge in [-0.1, -0.05) is 19.3 Å². The first-order valence-electron chi connectivity index (χ1n) is 6.32. The number of hydrogen-bond acceptors (Lipinski definition) is 2. The molecule has 2 nitrogen and oxygen atoms in total. The number of ketones is 1. The summed E-state index contributed by atoms with van der Waals surface area (Å²) < 4.78 is 0. The highest BCUT2D eigenvalue weighted by molar-refractivity contribution is 5.91. The minimum Gasteiger partial charge on any atom is -0.388 e. The van der Waals surface area contributed by atoms with Crippen LogP contribution in [0, 0.1) is 5.92 Å². The normalized spacial score (nSPS) is 23.7. The van der Waals surface area contributed by atoms with Crippen molar-refractivity contribution in [2.24, 2.45) is 5.92 Å². The van der Waals surface area contributed by atoms with Crippen LogP contribution in [0.3, 0.4) is 0 Å². The molecule has 0 atom stereocenters. The largest absolute Gasteiger partial charge is 0.388 e. The Bertz CT molecular complexity index is 251. The molecule has 2 rings (SSSR count). The Hall–Kier alpha value is -0.790. The number of nitrogens with one attached hydrogen (secondary N) is 1. The molecule has 0 aromatic heterocycles. The number of carbonyl (C=O) groups excluding carboxylic acids is 1. The van der Waals surface area contributed by atoms with E-state index in [2.05, 4.69) is 5.32 Å². The zero-order valence-electron chi connectivity index (χ0n) is 9.43. The molecule has 0 bridgehead atoms. The summed E-state index contributed by atoms with van der Waals surface area (Å²) in [5.74, 6) is 1.14. The fourth-order valence-electron chi connectivity index (χ4n) is 2.60. The molecule has 0 saturated heterocycles. The van der Waals surface area contributed by atoms with E-state index in [-0.39, 0.29) is 0 Å². The first-order chi connectivity index (χ1) is 7.34. The molecule has 1 N–H and O–H groups in total. The van der Waals surface area contributed by atoms with Gasteiger partial charge in [0.2, 0.25) is 0 Å². The molecule has 0 aromatic rings. The summed E-state index contributed by atoms with van der Waals surface area (Å²) >= 11 is 0. The lowest BCUT2D eigenvalue weighted by Gasteiger charge is -2.23. The lowest BCUT2D eigenvalue weighted by molar-refractivity contribution is -0.115. The Balaban J connectivity index is 1.74. The van der Waals surface area contributed by atoms with E-state index < -0.39 is 0 Å². The van der Waals surface area contributed by atoms with Crippen LogP contribution in [0.15, 0.2) is 11.8 Å². The van der Waals surface area contributed by atoms with Crippen molar-refractivity contribution in [1.29, 1.82) is 0 Å². The van der Waals surface area contributed by atoms with Gasteiger partial charge in [-0.05, 0) is 31.6 Å². The zero-order valence-corrected chi connectivity index (χ0v) is 9.43. The van der Waals surface area contributed by atoms with Gasteiger partial charge in [0, 0.05) is 24.7 Å². The molecule has 2 aliphatic rings. The van der Waals surface area contributed by atoms with E-state index in [9.17, 15) is 4.79 Å². The third-order valence-corrected chi connectivity index (χ3v) is 3.55. The van der Waals surface area contributed by atoms with Crippen molar-refractivity contribution < 1.29 is 4.79 Å². The fraction of sp³-hybridized carbons (Fsp3) is 0.769. The maximum Gasteiger partial charge on any atom is 0.157 e. The second kappa shape index (κ2) is 5.34. The van der Waals surface area contributed by atoms with Crippen LogP contribution in [0.5, 0.6) is 0 Å². The third-order valence-electron chi connectivity index (χ3n) is 3.55. The maximum atomic E-state index is 11.2. The Kier molecular flexibility index (Phi) is 3.81. The van der Waals surface area contributed by atoms with Crippen molar-refractivity contribution in [2.75, 3.05) is 6.54 Å². The van der Waals surface area contributed by atoms with Crippen molar-refractivity contribution in [2.45, 2.75) is 51.4 Å². The molecule has 2 heteroatoms. The van der Waals surface area contributed by atoms with E-state index in [1.54, 1.807) is 0 Å². The number of rotatable bonds is 3. The molecule has 0 aliphatic heterocycles. The van der Waals surface area contributed by atoms with Crippen LogP contribution in [0.1, 0.15) is 51.4 Å². The van der Waals surface area contributed by atoms with Crippen LogP contribution in [0.25, 0.3) is 0 Å². The van der Waals surface area contributed by atoms with Gasteiger partial charge in [-0.25, -0.2) is 0 Å². The minimum absolute atomic E-state index is 0.299. The molecule has 84 valence electrons. The van der Waals surface area contributed by atoms with Gasteiger partial charge < -0.3 is 5.32 Å². The van der Waals surface area contributed by atoms with E-state index in [1.807, 2.05) is 6.08 Å². The summed E-state index contributed by atoms with van der Waals surface area (Å²) in [5.41, 5.74) is 1.18. The summed E-state index contributed by atoms with van der Waals surface area (Å²) in [6.07, 6.45) is 11.6. The molecular weight excluding hydrogens is 186 g/mol. The highest BCUT2D eigenvalue weighted by Gasteiger charge is 2.14. The standard InChI is InChI=1S/C13H21NO/c15-13-8-4-7-12(9-13)14-10-11-5-2-1-3-6-11/h9,11,14H,1-8,10H2. The van der Waals surface area contributed by atoms with Gasteiger partial charge in [0.1, 0.15) is 0 Å². The number of carbonyl (C=O) groups is 1. The smallest absolute Gasteiger partial charge is 0.157 e. The van der Waals surface area contributed by atoms with Crippen molar-refractivity contribution in [3.8, 4) is 0 Å². The Morgan fingerprint density at radius 2 is 1.93 bits per heavy atom. The molecule has 1 fully saturated rings. The van der Waals surface area contributed by atoms with E-state index in [0.717, 1.165) is 31.7 Å². The third kappa shape index (κ3) is 3.37. The van der Waals surface area contributed by atoms with Crippen LogP contribution in [0.4, 0.5) is 0 Å². The predicted molar refractivity (Wildman–Crippen MR) is 61.5 cm³/mol. The van der Waals surface area contributed by atoms with Crippen molar-refractivity contribution in [1.82, 2.24) is 5.32 Å². The van der Waals surface area contributed by atoms with Gasteiger partial charge in [-0.15, -0.1) is 0 Å². The Morgan fingerprint density at radius 1 is 1.13 bits per heavy atom. The summed E-state index contributed by atoms with van der Waals surface area (Å²) in [7, 11) is 0. The van der Waals surface area contributed by atoms with Gasteiger partial charge in [-0.3, -0.25) is 4.79 Å². The predicted octanol–water partition coefficient (Wildman–Crippen LogP) is 2.79. The number of allylic oxidation sites excluding steroid dienone is 2. The van der Waals surface area contributed by atoms with Gasteiger partial charge >= 0.3 is 0 Å². The molecule has 0 unspecified atom stereocenters. The van der Waals surface area contributed by atoms with Gasteiger partial charge in [0.15, 0.2) is 5.78 Å². The Morgan fingerprint density at radius 3 is 2.67 bits per heavy atom. The SMILES string of the molecule is O=C1C=C(NCC2CCCCC2)CCC1. The highest BCUT2D eigenvalue weighted by Crippen LogP contribution is 2.23. The topological polar surface area (TPSA) is 29.1 Å². The van der Waals surface area contributed by atoms with Gasteiger partial charge in [0.25, 0.3) is 0 Å². The minimum atomic E-state index is 0.299. The highest BCUT2D eigenvalue weighted by atomic mass is 16.1. The maximum absolute atomic E-state index is 11.2. The molecule has 1 saturated carbocycles. The van der Waals surface area contributed by atoms with Crippen molar-refractivity contribution in [3.05, 3.63) is 11.8 Å². The second-order valence-corrected chi connectivity index (χ2v) is 4.87. The van der Waals surface area contributed by atoms with E-state index in [1.165, 1.54) is 37.8 Å². The average molecular weight is 207 g/mol. The van der Waals surface area contributed by atoms with Crippen LogP contribution in [-0.2, 0) is 4.79 Å². The van der Waals surface area contributed by atoms with E-state index in [0.29, 0.717) is 5.78 Å². The zero-order chi connectivity index (χ0) is 10.5. The summed E-state index contributed by atoms with van der Waals surface area (Å²) in [5, 5.41) is 3.46. The summed E-state index contributed by atoms with van der Waals surface area (Å²) in [4.78, 5) is 11.2. The summed E-state index contributed by atoms with van der Waals surface area (Å²) in [6, 6.07) is 0. The molecule has 15 heavy (non-hydrogen) atoms. The monoisotopic (exact) mass is 207 g/mol. The molecule has 0 amide bonds. The first kappa shape index (κ1) is 10.7. The van der Waals surface area contributed by atoms with Crippen molar-refractivity contribution in [3.63, 3.8) is 0 Å². The molecule has 0 radical (unpaired) electrons.